The Morgan fingerprint density at radius 2 is 1.79 bits per heavy atom. The summed E-state index contributed by atoms with van der Waals surface area (Å²) in [6.45, 7) is 6.73. The fourth-order valence-corrected chi connectivity index (χ4v) is 2.73. The predicted molar refractivity (Wildman–Crippen MR) is 90.7 cm³/mol. The summed E-state index contributed by atoms with van der Waals surface area (Å²) in [6, 6.07) is 5.00. The molecule has 0 aliphatic heterocycles. The van der Waals surface area contributed by atoms with E-state index in [4.69, 9.17) is 4.74 Å². The van der Waals surface area contributed by atoms with Crippen molar-refractivity contribution in [1.29, 1.82) is 0 Å². The third-order valence-electron chi connectivity index (χ3n) is 3.92. The minimum absolute atomic E-state index is 0.0939. The lowest BCUT2D eigenvalue weighted by molar-refractivity contribution is 0.0599. The molecule has 0 fully saturated rings. The van der Waals surface area contributed by atoms with Gasteiger partial charge in [0, 0.05) is 16.9 Å². The number of Topliss-reactive ketones (excluding diaryl/α,β-unsaturated/α-hetero) is 1. The van der Waals surface area contributed by atoms with Gasteiger partial charge in [0.1, 0.15) is 5.69 Å². The topological polar surface area (TPSA) is 88.3 Å². The highest BCUT2D eigenvalue weighted by atomic mass is 16.5. The number of aromatic amines is 1. The second-order valence-corrected chi connectivity index (χ2v) is 5.66. The molecule has 2 N–H and O–H groups in total. The van der Waals surface area contributed by atoms with E-state index in [1.165, 1.54) is 14.0 Å². The van der Waals surface area contributed by atoms with Crippen molar-refractivity contribution in [3.05, 3.63) is 51.8 Å². The van der Waals surface area contributed by atoms with Crippen LogP contribution in [0.3, 0.4) is 0 Å². The van der Waals surface area contributed by atoms with Crippen molar-refractivity contribution in [3.63, 3.8) is 0 Å². The zero-order valence-electron chi connectivity index (χ0n) is 14.4. The minimum Gasteiger partial charge on any atom is -0.465 e. The number of hydrogen-bond acceptors (Lipinski definition) is 4. The average Bonchev–Trinajstić information content (AvgIpc) is 2.83. The monoisotopic (exact) mass is 328 g/mol. The van der Waals surface area contributed by atoms with E-state index in [1.807, 2.05) is 0 Å². The average molecular weight is 328 g/mol. The van der Waals surface area contributed by atoms with Crippen molar-refractivity contribution >= 4 is 23.3 Å². The molecule has 0 unspecified atom stereocenters. The van der Waals surface area contributed by atoms with Gasteiger partial charge in [0.25, 0.3) is 5.91 Å². The van der Waals surface area contributed by atoms with Gasteiger partial charge < -0.3 is 15.0 Å². The molecule has 0 spiro atoms. The van der Waals surface area contributed by atoms with E-state index in [0.29, 0.717) is 33.8 Å². The molecule has 0 saturated heterocycles. The van der Waals surface area contributed by atoms with Crippen LogP contribution in [0.25, 0.3) is 0 Å². The summed E-state index contributed by atoms with van der Waals surface area (Å²) in [5.41, 5.74) is 3.74. The van der Waals surface area contributed by atoms with Crippen molar-refractivity contribution in [2.45, 2.75) is 27.7 Å². The van der Waals surface area contributed by atoms with E-state index in [1.54, 1.807) is 39.0 Å². The van der Waals surface area contributed by atoms with Crippen LogP contribution in [0.1, 0.15) is 54.9 Å². The Morgan fingerprint density at radius 1 is 1.12 bits per heavy atom. The fourth-order valence-electron chi connectivity index (χ4n) is 2.73. The summed E-state index contributed by atoms with van der Waals surface area (Å²) >= 11 is 0. The number of rotatable bonds is 4. The van der Waals surface area contributed by atoms with E-state index in [2.05, 4.69) is 10.3 Å². The summed E-state index contributed by atoms with van der Waals surface area (Å²) in [5, 5.41) is 2.74. The number of amides is 1. The molecular weight excluding hydrogens is 308 g/mol. The zero-order valence-corrected chi connectivity index (χ0v) is 14.4. The normalized spacial score (nSPS) is 10.4. The van der Waals surface area contributed by atoms with Crippen molar-refractivity contribution in [2.24, 2.45) is 0 Å². The van der Waals surface area contributed by atoms with Crippen molar-refractivity contribution in [1.82, 2.24) is 4.98 Å². The summed E-state index contributed by atoms with van der Waals surface area (Å²) < 4.78 is 4.73. The molecular formula is C18H20N2O4. The number of esters is 1. The van der Waals surface area contributed by atoms with Crippen LogP contribution in [0, 0.1) is 20.8 Å². The SMILES string of the molecule is COC(=O)c1cc(NC(=O)c2[nH]c(C)c(C(C)=O)c2C)ccc1C. The molecule has 0 saturated carbocycles. The van der Waals surface area contributed by atoms with Gasteiger partial charge in [-0.15, -0.1) is 0 Å². The largest absolute Gasteiger partial charge is 0.465 e. The molecule has 0 atom stereocenters. The number of aromatic nitrogens is 1. The second-order valence-electron chi connectivity index (χ2n) is 5.66. The Hall–Kier alpha value is -2.89. The van der Waals surface area contributed by atoms with Crippen LogP contribution < -0.4 is 5.32 Å². The van der Waals surface area contributed by atoms with Gasteiger partial charge in [0.05, 0.1) is 12.7 Å². The fraction of sp³-hybridized carbons (Fsp3) is 0.278. The van der Waals surface area contributed by atoms with Gasteiger partial charge in [-0.05, 0) is 51.0 Å². The maximum Gasteiger partial charge on any atom is 0.338 e. The first-order valence-corrected chi connectivity index (χ1v) is 7.46. The lowest BCUT2D eigenvalue weighted by Crippen LogP contribution is -2.15. The number of hydrogen-bond donors (Lipinski definition) is 2. The van der Waals surface area contributed by atoms with Gasteiger partial charge in [-0.3, -0.25) is 9.59 Å². The van der Waals surface area contributed by atoms with Crippen LogP contribution in [0.5, 0.6) is 0 Å². The zero-order chi connectivity index (χ0) is 18.0. The molecule has 1 amide bonds. The maximum atomic E-state index is 12.5. The third-order valence-corrected chi connectivity index (χ3v) is 3.92. The van der Waals surface area contributed by atoms with Gasteiger partial charge in [0.2, 0.25) is 0 Å². The summed E-state index contributed by atoms with van der Waals surface area (Å²) in [7, 11) is 1.31. The summed E-state index contributed by atoms with van der Waals surface area (Å²) in [5.74, 6) is -0.930. The van der Waals surface area contributed by atoms with Crippen LogP contribution in [0.2, 0.25) is 0 Å². The van der Waals surface area contributed by atoms with Gasteiger partial charge in [-0.2, -0.15) is 0 Å². The quantitative estimate of drug-likeness (QED) is 0.666. The molecule has 6 heteroatoms. The standard InChI is InChI=1S/C18H20N2O4/c1-9-6-7-13(8-14(9)18(23)24-5)20-17(22)16-10(2)15(12(4)21)11(3)19-16/h6-8,19H,1-5H3,(H,20,22). The molecule has 1 aromatic carbocycles. The highest BCUT2D eigenvalue weighted by Gasteiger charge is 2.20. The molecule has 0 radical (unpaired) electrons. The first kappa shape index (κ1) is 17.5. The van der Waals surface area contributed by atoms with Gasteiger partial charge in [-0.1, -0.05) is 6.07 Å². The van der Waals surface area contributed by atoms with Gasteiger partial charge in [-0.25, -0.2) is 4.79 Å². The van der Waals surface area contributed by atoms with E-state index in [0.717, 1.165) is 5.56 Å². The van der Waals surface area contributed by atoms with Gasteiger partial charge >= 0.3 is 5.97 Å². The molecule has 2 aromatic rings. The molecule has 1 aromatic heterocycles. The van der Waals surface area contributed by atoms with Crippen molar-refractivity contribution in [3.8, 4) is 0 Å². The number of methoxy groups -OCH3 is 1. The Bertz CT molecular complexity index is 834. The Balaban J connectivity index is 2.33. The number of H-pyrrole nitrogens is 1. The Labute approximate surface area is 140 Å². The van der Waals surface area contributed by atoms with Crippen LogP contribution in [-0.2, 0) is 4.74 Å². The van der Waals surface area contributed by atoms with Crippen LogP contribution in [0.4, 0.5) is 5.69 Å². The summed E-state index contributed by atoms with van der Waals surface area (Å²) in [4.78, 5) is 38.8. The van der Waals surface area contributed by atoms with Gasteiger partial charge in [0.15, 0.2) is 5.78 Å². The number of carbonyl (C=O) groups excluding carboxylic acids is 3. The number of anilines is 1. The molecule has 24 heavy (non-hydrogen) atoms. The highest BCUT2D eigenvalue weighted by molar-refractivity contribution is 6.08. The molecule has 2 rings (SSSR count). The molecule has 0 aliphatic carbocycles. The first-order chi connectivity index (χ1) is 11.3. The van der Waals surface area contributed by atoms with Crippen LogP contribution in [-0.4, -0.2) is 29.8 Å². The molecule has 1 heterocycles. The van der Waals surface area contributed by atoms with E-state index in [-0.39, 0.29) is 11.7 Å². The highest BCUT2D eigenvalue weighted by Crippen LogP contribution is 2.21. The molecule has 6 nitrogen and oxygen atoms in total. The number of aryl methyl sites for hydroxylation is 2. The second kappa shape index (κ2) is 6.70. The number of ether oxygens (including phenoxy) is 1. The molecule has 0 aliphatic rings. The Kier molecular flexibility index (Phi) is 4.87. The third kappa shape index (κ3) is 3.22. The lowest BCUT2D eigenvalue weighted by Gasteiger charge is -2.09. The van der Waals surface area contributed by atoms with E-state index in [9.17, 15) is 14.4 Å². The van der Waals surface area contributed by atoms with Crippen LogP contribution >= 0.6 is 0 Å². The molecule has 126 valence electrons. The first-order valence-electron chi connectivity index (χ1n) is 7.46. The lowest BCUT2D eigenvalue weighted by atomic mass is 10.1. The molecule has 0 bridgehead atoms. The van der Waals surface area contributed by atoms with Crippen LogP contribution in [0.15, 0.2) is 18.2 Å². The maximum absolute atomic E-state index is 12.5. The van der Waals surface area contributed by atoms with Crippen molar-refractivity contribution in [2.75, 3.05) is 12.4 Å². The van der Waals surface area contributed by atoms with Crippen molar-refractivity contribution < 1.29 is 19.1 Å². The smallest absolute Gasteiger partial charge is 0.338 e. The number of nitrogens with one attached hydrogen (secondary N) is 2. The number of benzene rings is 1. The predicted octanol–water partition coefficient (Wildman–Crippen LogP) is 3.18. The van der Waals surface area contributed by atoms with E-state index < -0.39 is 5.97 Å². The Morgan fingerprint density at radius 3 is 2.33 bits per heavy atom. The minimum atomic E-state index is -0.464. The number of carbonyl (C=O) groups is 3. The van der Waals surface area contributed by atoms with E-state index >= 15 is 0 Å². The number of ketones is 1. The summed E-state index contributed by atoms with van der Waals surface area (Å²) in [6.07, 6.45) is 0.